The summed E-state index contributed by atoms with van der Waals surface area (Å²) in [7, 11) is 0. The molecule has 5 heteroatoms. The molecule has 4 N–H and O–H groups in total. The molecule has 0 rings (SSSR count). The Balaban J connectivity index is 3.64. The van der Waals surface area contributed by atoms with Crippen LogP contribution in [0, 0.1) is 0 Å². The van der Waals surface area contributed by atoms with Gasteiger partial charge in [-0.15, -0.1) is 0 Å². The van der Waals surface area contributed by atoms with Gasteiger partial charge in [-0.1, -0.05) is 231 Å². The molecule has 320 valence electrons. The van der Waals surface area contributed by atoms with Gasteiger partial charge < -0.3 is 20.6 Å². The minimum absolute atomic E-state index is 0.0100. The van der Waals surface area contributed by atoms with E-state index in [1.165, 1.54) is 193 Å². The zero-order valence-corrected chi connectivity index (χ0v) is 36.4. The SMILES string of the molecule is CCCCCCCCCCCCC/C=C\CCCCCCCC(O)CC(=O)NC(CO)C(O)/C=C/CCCCCCCCCCCCCCCCCCC. The van der Waals surface area contributed by atoms with Gasteiger partial charge >= 0.3 is 0 Å². The molecule has 3 unspecified atom stereocenters. The quantitative estimate of drug-likeness (QED) is 0.0368. The van der Waals surface area contributed by atoms with Crippen LogP contribution in [-0.4, -0.2) is 46.1 Å². The van der Waals surface area contributed by atoms with E-state index in [0.717, 1.165) is 38.5 Å². The summed E-state index contributed by atoms with van der Waals surface area (Å²) in [5, 5.41) is 33.3. The molecular weight excluding hydrogens is 667 g/mol. The number of hydrogen-bond acceptors (Lipinski definition) is 4. The number of carbonyl (C=O) groups is 1. The number of rotatable bonds is 44. The summed E-state index contributed by atoms with van der Waals surface area (Å²) in [5.41, 5.74) is 0. The molecule has 0 aromatic rings. The number of amides is 1. The average Bonchev–Trinajstić information content (AvgIpc) is 3.16. The summed E-state index contributed by atoms with van der Waals surface area (Å²) in [4.78, 5) is 12.5. The predicted octanol–water partition coefficient (Wildman–Crippen LogP) is 14.2. The Morgan fingerprint density at radius 1 is 0.463 bits per heavy atom. The third-order valence-corrected chi connectivity index (χ3v) is 11.2. The van der Waals surface area contributed by atoms with E-state index in [2.05, 4.69) is 31.3 Å². The largest absolute Gasteiger partial charge is 0.394 e. The fourth-order valence-electron chi connectivity index (χ4n) is 7.51. The van der Waals surface area contributed by atoms with Crippen molar-refractivity contribution in [2.45, 2.75) is 276 Å². The first kappa shape index (κ1) is 52.8. The summed E-state index contributed by atoms with van der Waals surface area (Å²) in [6, 6.07) is -0.745. The van der Waals surface area contributed by atoms with Gasteiger partial charge in [-0.05, 0) is 44.9 Å². The number of nitrogens with one attached hydrogen (secondary N) is 1. The Bertz CT molecular complexity index is 799. The molecule has 0 saturated heterocycles. The zero-order chi connectivity index (χ0) is 39.4. The van der Waals surface area contributed by atoms with Gasteiger partial charge in [0.15, 0.2) is 0 Å². The van der Waals surface area contributed by atoms with Crippen LogP contribution in [0.5, 0.6) is 0 Å². The van der Waals surface area contributed by atoms with Crippen molar-refractivity contribution in [1.82, 2.24) is 5.32 Å². The van der Waals surface area contributed by atoms with Gasteiger partial charge in [0.1, 0.15) is 0 Å². The maximum atomic E-state index is 12.5. The van der Waals surface area contributed by atoms with Crippen LogP contribution in [-0.2, 0) is 4.79 Å². The molecule has 0 aliphatic rings. The summed E-state index contributed by atoms with van der Waals surface area (Å²) in [6.45, 7) is 4.23. The number of carbonyl (C=O) groups excluding carboxylic acids is 1. The van der Waals surface area contributed by atoms with Gasteiger partial charge in [-0.25, -0.2) is 0 Å². The first-order valence-electron chi connectivity index (χ1n) is 24.1. The molecule has 0 aliphatic carbocycles. The highest BCUT2D eigenvalue weighted by Gasteiger charge is 2.20. The second-order valence-electron chi connectivity index (χ2n) is 16.7. The molecule has 5 nitrogen and oxygen atoms in total. The number of allylic oxidation sites excluding steroid dienone is 3. The van der Waals surface area contributed by atoms with Crippen LogP contribution in [0.4, 0.5) is 0 Å². The molecule has 0 saturated carbocycles. The monoisotopic (exact) mass is 762 g/mol. The maximum Gasteiger partial charge on any atom is 0.222 e. The Morgan fingerprint density at radius 2 is 0.778 bits per heavy atom. The van der Waals surface area contributed by atoms with Gasteiger partial charge in [0.2, 0.25) is 5.91 Å². The first-order chi connectivity index (χ1) is 26.5. The van der Waals surface area contributed by atoms with E-state index in [4.69, 9.17) is 0 Å². The van der Waals surface area contributed by atoms with Crippen molar-refractivity contribution < 1.29 is 20.1 Å². The number of unbranched alkanes of at least 4 members (excludes halogenated alkanes) is 33. The van der Waals surface area contributed by atoms with E-state index in [-0.39, 0.29) is 18.9 Å². The van der Waals surface area contributed by atoms with E-state index < -0.39 is 18.2 Å². The average molecular weight is 762 g/mol. The van der Waals surface area contributed by atoms with Gasteiger partial charge in [0.05, 0.1) is 31.3 Å². The van der Waals surface area contributed by atoms with E-state index >= 15 is 0 Å². The third-order valence-electron chi connectivity index (χ3n) is 11.2. The molecule has 1 amide bonds. The fraction of sp³-hybridized carbons (Fsp3) is 0.898. The third kappa shape index (κ3) is 40.5. The summed E-state index contributed by atoms with van der Waals surface area (Å²) < 4.78 is 0. The number of aliphatic hydroxyl groups is 3. The van der Waals surface area contributed by atoms with E-state index in [1.807, 2.05) is 6.08 Å². The predicted molar refractivity (Wildman–Crippen MR) is 236 cm³/mol. The minimum Gasteiger partial charge on any atom is -0.394 e. The highest BCUT2D eigenvalue weighted by molar-refractivity contribution is 5.76. The van der Waals surface area contributed by atoms with Crippen molar-refractivity contribution in [3.8, 4) is 0 Å². The van der Waals surface area contributed by atoms with Crippen LogP contribution < -0.4 is 5.32 Å². The Labute approximate surface area is 337 Å². The lowest BCUT2D eigenvalue weighted by Crippen LogP contribution is -2.45. The van der Waals surface area contributed by atoms with Crippen molar-refractivity contribution in [1.29, 1.82) is 0 Å². The molecule has 0 radical (unpaired) electrons. The van der Waals surface area contributed by atoms with Gasteiger partial charge in [-0.2, -0.15) is 0 Å². The normalized spacial score (nSPS) is 13.6. The Kier molecular flexibility index (Phi) is 43.6. The Morgan fingerprint density at radius 3 is 1.13 bits per heavy atom. The van der Waals surface area contributed by atoms with Gasteiger partial charge in [0.25, 0.3) is 0 Å². The van der Waals surface area contributed by atoms with Crippen molar-refractivity contribution >= 4 is 5.91 Å². The second-order valence-corrected chi connectivity index (χ2v) is 16.7. The molecule has 0 spiro atoms. The second kappa shape index (κ2) is 44.5. The van der Waals surface area contributed by atoms with Crippen LogP contribution in [0.15, 0.2) is 24.3 Å². The highest BCUT2D eigenvalue weighted by atomic mass is 16.3. The van der Waals surface area contributed by atoms with Crippen molar-refractivity contribution in [2.24, 2.45) is 0 Å². The van der Waals surface area contributed by atoms with Gasteiger partial charge in [-0.3, -0.25) is 4.79 Å². The maximum absolute atomic E-state index is 12.5. The van der Waals surface area contributed by atoms with Crippen LogP contribution in [0.3, 0.4) is 0 Å². The first-order valence-corrected chi connectivity index (χ1v) is 24.1. The van der Waals surface area contributed by atoms with Crippen LogP contribution in [0.25, 0.3) is 0 Å². The standard InChI is InChI=1S/C49H95NO4/c1-3-5-7-9-11-13-15-17-19-21-23-25-26-28-30-32-34-36-38-40-42-46(52)44-49(54)50-47(45-51)48(53)43-41-39-37-35-33-31-29-27-24-22-20-18-16-14-12-10-8-6-4-2/h26,28,41,43,46-48,51-53H,3-25,27,29-40,42,44-45H2,1-2H3,(H,50,54)/b28-26-,43-41+. The molecule has 0 aromatic heterocycles. The van der Waals surface area contributed by atoms with E-state index in [1.54, 1.807) is 6.08 Å². The molecule has 0 heterocycles. The van der Waals surface area contributed by atoms with E-state index in [9.17, 15) is 20.1 Å². The van der Waals surface area contributed by atoms with Crippen molar-refractivity contribution in [3.05, 3.63) is 24.3 Å². The molecule has 0 fully saturated rings. The molecule has 3 atom stereocenters. The van der Waals surface area contributed by atoms with Gasteiger partial charge in [0, 0.05) is 0 Å². The van der Waals surface area contributed by atoms with Crippen molar-refractivity contribution in [3.63, 3.8) is 0 Å². The lowest BCUT2D eigenvalue weighted by Gasteiger charge is -2.21. The number of hydrogen-bond donors (Lipinski definition) is 4. The van der Waals surface area contributed by atoms with Crippen LogP contribution in [0.1, 0.15) is 258 Å². The number of aliphatic hydroxyl groups excluding tert-OH is 3. The molecule has 54 heavy (non-hydrogen) atoms. The topological polar surface area (TPSA) is 89.8 Å². The lowest BCUT2D eigenvalue weighted by molar-refractivity contribution is -0.124. The van der Waals surface area contributed by atoms with Crippen LogP contribution >= 0.6 is 0 Å². The molecule has 0 aliphatic heterocycles. The lowest BCUT2D eigenvalue weighted by atomic mass is 10.0. The highest BCUT2D eigenvalue weighted by Crippen LogP contribution is 2.16. The summed E-state index contributed by atoms with van der Waals surface area (Å²) in [6.07, 6.45) is 54.7. The molecule has 0 aromatic carbocycles. The van der Waals surface area contributed by atoms with Crippen molar-refractivity contribution in [2.75, 3.05) is 6.61 Å². The Hall–Kier alpha value is -1.17. The fourth-order valence-corrected chi connectivity index (χ4v) is 7.51. The smallest absolute Gasteiger partial charge is 0.222 e. The summed E-state index contributed by atoms with van der Waals surface area (Å²) >= 11 is 0. The summed E-state index contributed by atoms with van der Waals surface area (Å²) in [5.74, 6) is -0.317. The minimum atomic E-state index is -0.929. The zero-order valence-electron chi connectivity index (χ0n) is 36.4. The van der Waals surface area contributed by atoms with Crippen LogP contribution in [0.2, 0.25) is 0 Å². The molecule has 0 bridgehead atoms. The van der Waals surface area contributed by atoms with E-state index in [0.29, 0.717) is 6.42 Å². The molecular formula is C49H95NO4.